The lowest BCUT2D eigenvalue weighted by Gasteiger charge is -2.57. The Morgan fingerprint density at radius 1 is 1.11 bits per heavy atom. The minimum atomic E-state index is -0.153. The van der Waals surface area contributed by atoms with Gasteiger partial charge in [-0.2, -0.15) is 0 Å². The molecule has 2 saturated carbocycles. The second-order valence-corrected chi connectivity index (χ2v) is 12.7. The molecular weight excluding hydrogens is 470 g/mol. The summed E-state index contributed by atoms with van der Waals surface area (Å²) in [5.41, 5.74) is 7.94. The molecule has 6 heteroatoms. The zero-order valence-corrected chi connectivity index (χ0v) is 22.4. The molecule has 2 fully saturated rings. The Morgan fingerprint density at radius 3 is 2.72 bits per heavy atom. The molecule has 0 aliphatic heterocycles. The minimum absolute atomic E-state index is 0.0491. The summed E-state index contributed by atoms with van der Waals surface area (Å²) in [5, 5.41) is 0.712. The summed E-state index contributed by atoms with van der Waals surface area (Å²) >= 11 is 6.30. The number of hydrogen-bond acceptors (Lipinski definition) is 4. The van der Waals surface area contributed by atoms with E-state index in [1.807, 2.05) is 12.1 Å². The number of imidazole rings is 1. The number of aromatic nitrogens is 3. The second kappa shape index (κ2) is 7.56. The van der Waals surface area contributed by atoms with Crippen molar-refractivity contribution in [3.63, 3.8) is 0 Å². The van der Waals surface area contributed by atoms with E-state index in [9.17, 15) is 4.79 Å². The van der Waals surface area contributed by atoms with Gasteiger partial charge in [0, 0.05) is 29.8 Å². The third kappa shape index (κ3) is 2.98. The number of allylic oxidation sites excluding steroid dienone is 1. The molecule has 1 aromatic carbocycles. The van der Waals surface area contributed by atoms with E-state index in [2.05, 4.69) is 37.3 Å². The summed E-state index contributed by atoms with van der Waals surface area (Å²) in [6.45, 7) is 8.73. The Hall–Kier alpha value is -2.40. The van der Waals surface area contributed by atoms with Crippen LogP contribution in [0.25, 0.3) is 16.8 Å². The third-order valence-corrected chi connectivity index (χ3v) is 10.8. The van der Waals surface area contributed by atoms with E-state index in [1.165, 1.54) is 36.6 Å². The number of nitrogens with zero attached hydrogens (tertiary/aromatic N) is 3. The largest absolute Gasteiger partial charge is 0.462 e. The summed E-state index contributed by atoms with van der Waals surface area (Å²) in [6.07, 6.45) is 10.2. The van der Waals surface area contributed by atoms with Gasteiger partial charge in [0.1, 0.15) is 6.10 Å². The van der Waals surface area contributed by atoms with Crippen LogP contribution in [0.4, 0.5) is 0 Å². The number of aryl methyl sites for hydroxylation is 1. The van der Waals surface area contributed by atoms with E-state index in [0.717, 1.165) is 54.6 Å². The number of benzene rings is 1. The van der Waals surface area contributed by atoms with Crippen molar-refractivity contribution in [2.24, 2.45) is 23.2 Å². The first-order chi connectivity index (χ1) is 17.2. The normalized spacial score (nSPS) is 35.1. The van der Waals surface area contributed by atoms with Gasteiger partial charge in [-0.25, -0.2) is 9.97 Å². The van der Waals surface area contributed by atoms with Crippen LogP contribution in [-0.2, 0) is 21.4 Å². The van der Waals surface area contributed by atoms with Crippen LogP contribution in [0, 0.1) is 30.1 Å². The van der Waals surface area contributed by atoms with Crippen LogP contribution < -0.4 is 0 Å². The second-order valence-electron chi connectivity index (χ2n) is 12.3. The monoisotopic (exact) mass is 503 g/mol. The fourth-order valence-electron chi connectivity index (χ4n) is 9.02. The molecule has 2 heterocycles. The van der Waals surface area contributed by atoms with E-state index >= 15 is 0 Å². The Morgan fingerprint density at radius 2 is 1.92 bits per heavy atom. The summed E-state index contributed by atoms with van der Waals surface area (Å²) in [5.74, 6) is 2.59. The summed E-state index contributed by atoms with van der Waals surface area (Å²) < 4.78 is 7.96. The van der Waals surface area contributed by atoms with Gasteiger partial charge in [0.15, 0.2) is 0 Å². The number of fused-ring (bicyclic) bond motifs is 11. The first kappa shape index (κ1) is 22.8. The highest BCUT2D eigenvalue weighted by atomic mass is 35.5. The fraction of sp³-hybridized carbons (Fsp3) is 0.567. The molecule has 0 unspecified atom stereocenters. The number of ether oxygens (including phenoxy) is 1. The van der Waals surface area contributed by atoms with Crippen molar-refractivity contribution >= 4 is 34.4 Å². The third-order valence-electron chi connectivity index (χ3n) is 10.6. The molecule has 5 nitrogen and oxygen atoms in total. The zero-order chi connectivity index (χ0) is 25.0. The molecule has 6 atom stereocenters. The van der Waals surface area contributed by atoms with Gasteiger partial charge in [-0.15, -0.1) is 0 Å². The van der Waals surface area contributed by atoms with Gasteiger partial charge in [0.05, 0.1) is 11.0 Å². The van der Waals surface area contributed by atoms with Crippen LogP contribution in [-0.4, -0.2) is 26.4 Å². The summed E-state index contributed by atoms with van der Waals surface area (Å²) in [7, 11) is 0. The van der Waals surface area contributed by atoms with Crippen molar-refractivity contribution in [1.29, 1.82) is 0 Å². The molecule has 2 aromatic heterocycles. The van der Waals surface area contributed by atoms with Crippen molar-refractivity contribution in [2.75, 3.05) is 0 Å². The number of carbonyl (C=O) groups excluding carboxylic acids is 1. The molecule has 0 bridgehead atoms. The first-order valence-corrected chi connectivity index (χ1v) is 13.9. The molecule has 4 aliphatic carbocycles. The molecule has 0 radical (unpaired) electrons. The van der Waals surface area contributed by atoms with E-state index in [-0.39, 0.29) is 22.9 Å². The van der Waals surface area contributed by atoms with Crippen LogP contribution in [0.2, 0.25) is 5.02 Å². The molecule has 0 amide bonds. The number of carbonyl (C=O) groups is 1. The van der Waals surface area contributed by atoms with E-state index in [4.69, 9.17) is 26.3 Å². The predicted molar refractivity (Wildman–Crippen MR) is 141 cm³/mol. The average Bonchev–Trinajstić information content (AvgIpc) is 3.33. The number of esters is 1. The van der Waals surface area contributed by atoms with E-state index in [1.54, 1.807) is 0 Å². The van der Waals surface area contributed by atoms with Crippen LogP contribution in [0.15, 0.2) is 29.8 Å². The summed E-state index contributed by atoms with van der Waals surface area (Å²) in [6, 6.07) is 6.01. The van der Waals surface area contributed by atoms with Crippen LogP contribution in [0.1, 0.15) is 76.2 Å². The quantitative estimate of drug-likeness (QED) is 0.272. The number of halogens is 1. The molecule has 188 valence electrons. The zero-order valence-electron chi connectivity index (χ0n) is 21.6. The van der Waals surface area contributed by atoms with Gasteiger partial charge < -0.3 is 4.74 Å². The fourth-order valence-corrected chi connectivity index (χ4v) is 9.19. The van der Waals surface area contributed by atoms with Crippen LogP contribution >= 0.6 is 11.6 Å². The number of rotatable bonds is 1. The lowest BCUT2D eigenvalue weighted by Crippen LogP contribution is -2.51. The average molecular weight is 504 g/mol. The first-order valence-electron chi connectivity index (χ1n) is 13.5. The van der Waals surface area contributed by atoms with Crippen LogP contribution in [0.3, 0.4) is 0 Å². The molecular formula is C30H34ClN3O2. The van der Waals surface area contributed by atoms with Gasteiger partial charge in [0.2, 0.25) is 5.78 Å². The van der Waals surface area contributed by atoms with Crippen molar-refractivity contribution in [3.05, 3.63) is 51.8 Å². The van der Waals surface area contributed by atoms with E-state index in [0.29, 0.717) is 22.8 Å². The maximum atomic E-state index is 11.6. The topological polar surface area (TPSA) is 56.5 Å². The van der Waals surface area contributed by atoms with Crippen molar-refractivity contribution in [1.82, 2.24) is 14.4 Å². The Balaban J connectivity index is 1.30. The minimum Gasteiger partial charge on any atom is -0.462 e. The Kier molecular flexibility index (Phi) is 4.78. The van der Waals surface area contributed by atoms with Crippen molar-refractivity contribution in [3.8, 4) is 0 Å². The van der Waals surface area contributed by atoms with Gasteiger partial charge in [0.25, 0.3) is 0 Å². The summed E-state index contributed by atoms with van der Waals surface area (Å²) in [4.78, 5) is 21.5. The van der Waals surface area contributed by atoms with Gasteiger partial charge in [-0.05, 0) is 97.8 Å². The molecule has 36 heavy (non-hydrogen) atoms. The molecule has 0 saturated heterocycles. The van der Waals surface area contributed by atoms with Crippen molar-refractivity contribution in [2.45, 2.75) is 84.2 Å². The standard InChI is InChI=1S/C30H34ClN3O2/c1-16-27-26(34-25-8-6-19(31)14-24(25)33-28(34)32-16)15-23-21-7-5-18-13-20(36-17(2)35)9-11-29(18,3)22(21)10-12-30(23,27)4/h5-6,8,14,20-23H,7,9-13,15H2,1-4H3/t20-,21+,22-,23-,29-,30-/m0/s1. The molecule has 0 spiro atoms. The lowest BCUT2D eigenvalue weighted by molar-refractivity contribution is -0.148. The van der Waals surface area contributed by atoms with Crippen molar-refractivity contribution < 1.29 is 9.53 Å². The Labute approximate surface area is 217 Å². The SMILES string of the molecule is CC(=O)O[C@H]1CC[C@@]2(C)C(=CC[C@@H]3[C@@H]2CC[C@]2(C)c4c(C)nc5nc6cc(Cl)ccc6n5c4C[C@@H]32)C1. The van der Waals surface area contributed by atoms with Gasteiger partial charge in [-0.1, -0.05) is 37.1 Å². The Bertz CT molecular complexity index is 1470. The van der Waals surface area contributed by atoms with Crippen LogP contribution in [0.5, 0.6) is 0 Å². The smallest absolute Gasteiger partial charge is 0.302 e. The highest BCUT2D eigenvalue weighted by molar-refractivity contribution is 6.31. The maximum absolute atomic E-state index is 11.6. The molecule has 4 aliphatic rings. The van der Waals surface area contributed by atoms with Gasteiger partial charge >= 0.3 is 5.97 Å². The highest BCUT2D eigenvalue weighted by Gasteiger charge is 2.58. The molecule has 3 aromatic rings. The molecule has 0 N–H and O–H groups in total. The maximum Gasteiger partial charge on any atom is 0.302 e. The van der Waals surface area contributed by atoms with Gasteiger partial charge in [-0.3, -0.25) is 9.20 Å². The predicted octanol–water partition coefficient (Wildman–Crippen LogP) is 6.75. The highest BCUT2D eigenvalue weighted by Crippen LogP contribution is 2.64. The lowest BCUT2D eigenvalue weighted by atomic mass is 9.47. The molecule has 7 rings (SSSR count). The van der Waals surface area contributed by atoms with E-state index < -0.39 is 0 Å². The number of hydrogen-bond donors (Lipinski definition) is 0.